The lowest BCUT2D eigenvalue weighted by molar-refractivity contribution is -0.140. The molecular weight excluding hydrogens is 408 g/mol. The van der Waals surface area contributed by atoms with E-state index < -0.39 is 17.7 Å². The van der Waals surface area contributed by atoms with Crippen LogP contribution in [0.1, 0.15) is 17.2 Å². The second-order valence-corrected chi connectivity index (χ2v) is 7.63. The first-order valence-electron chi connectivity index (χ1n) is 8.64. The number of hydrogen-bond acceptors (Lipinski definition) is 4. The number of nitrogens with zero attached hydrogens (tertiary/aromatic N) is 2. The molecule has 1 heterocycles. The molecule has 0 aromatic heterocycles. The quantitative estimate of drug-likeness (QED) is 0.450. The monoisotopic (exact) mass is 428 g/mol. The van der Waals surface area contributed by atoms with Crippen LogP contribution in [0.2, 0.25) is 0 Å². The van der Waals surface area contributed by atoms with Gasteiger partial charge in [-0.05, 0) is 31.8 Å². The van der Waals surface area contributed by atoms with Crippen LogP contribution < -0.4 is 0 Å². The maximum atomic E-state index is 12.8. The van der Waals surface area contributed by atoms with Crippen molar-refractivity contribution in [2.75, 3.05) is 27.2 Å². The maximum Gasteiger partial charge on any atom is 0.295 e. The summed E-state index contributed by atoms with van der Waals surface area (Å²) in [6.45, 7) is 1.02. The molecule has 6 heteroatoms. The zero-order chi connectivity index (χ0) is 19.6. The Morgan fingerprint density at radius 1 is 1.07 bits per heavy atom. The zero-order valence-corrected chi connectivity index (χ0v) is 16.8. The highest BCUT2D eigenvalue weighted by atomic mass is 79.9. The molecule has 1 N–H and O–H groups in total. The van der Waals surface area contributed by atoms with Crippen molar-refractivity contribution in [3.05, 3.63) is 75.8 Å². The summed E-state index contributed by atoms with van der Waals surface area (Å²) in [5, 5.41) is 10.9. The van der Waals surface area contributed by atoms with Gasteiger partial charge >= 0.3 is 0 Å². The van der Waals surface area contributed by atoms with Gasteiger partial charge < -0.3 is 14.9 Å². The average molecular weight is 429 g/mol. The summed E-state index contributed by atoms with van der Waals surface area (Å²) in [5.41, 5.74) is 1.44. The number of likely N-dealkylation sites (N-methyl/N-ethyl adjacent to an activating group) is 1. The van der Waals surface area contributed by atoms with Gasteiger partial charge in [-0.15, -0.1) is 0 Å². The average Bonchev–Trinajstić information content (AvgIpc) is 2.91. The summed E-state index contributed by atoms with van der Waals surface area (Å²) >= 11 is 3.36. The van der Waals surface area contributed by atoms with Crippen molar-refractivity contribution >= 4 is 33.4 Å². The van der Waals surface area contributed by atoms with Gasteiger partial charge in [0.2, 0.25) is 0 Å². The molecule has 1 amide bonds. The SMILES string of the molecule is CN(C)CCN1C(=O)C(=O)/C(=C(\O)c2ccc(Br)cc2)C1c1ccccc1. The van der Waals surface area contributed by atoms with Crippen LogP contribution >= 0.6 is 15.9 Å². The molecule has 1 unspecified atom stereocenters. The molecule has 0 spiro atoms. The van der Waals surface area contributed by atoms with Crippen LogP contribution in [0.15, 0.2) is 64.6 Å². The molecule has 140 valence electrons. The number of halogens is 1. The van der Waals surface area contributed by atoms with Gasteiger partial charge in [0, 0.05) is 23.1 Å². The molecule has 1 atom stereocenters. The molecule has 5 nitrogen and oxygen atoms in total. The Morgan fingerprint density at radius 2 is 1.70 bits per heavy atom. The lowest BCUT2D eigenvalue weighted by Crippen LogP contribution is -2.35. The Balaban J connectivity index is 2.12. The standard InChI is InChI=1S/C21H21BrN2O3/c1-23(2)12-13-24-18(14-6-4-3-5-7-14)17(20(26)21(24)27)19(25)15-8-10-16(22)11-9-15/h3-11,18,25H,12-13H2,1-2H3/b19-17-. The molecule has 2 aromatic rings. The number of rotatable bonds is 5. The summed E-state index contributed by atoms with van der Waals surface area (Å²) in [4.78, 5) is 29.0. The number of aliphatic hydroxyl groups is 1. The number of Topliss-reactive ketones (excluding diaryl/α,β-unsaturated/α-hetero) is 1. The molecular formula is C21H21BrN2O3. The van der Waals surface area contributed by atoms with Crippen LogP contribution in [0, 0.1) is 0 Å². The van der Waals surface area contributed by atoms with Crippen LogP contribution in [-0.4, -0.2) is 53.8 Å². The first-order valence-corrected chi connectivity index (χ1v) is 9.43. The van der Waals surface area contributed by atoms with Crippen molar-refractivity contribution in [1.82, 2.24) is 9.80 Å². The van der Waals surface area contributed by atoms with Crippen molar-refractivity contribution in [2.24, 2.45) is 0 Å². The number of carbonyl (C=O) groups excluding carboxylic acids is 2. The Morgan fingerprint density at radius 3 is 2.30 bits per heavy atom. The van der Waals surface area contributed by atoms with Gasteiger partial charge in [-0.25, -0.2) is 0 Å². The molecule has 2 aromatic carbocycles. The molecule has 0 bridgehead atoms. The highest BCUT2D eigenvalue weighted by Crippen LogP contribution is 2.39. The summed E-state index contributed by atoms with van der Waals surface area (Å²) in [6, 6.07) is 15.7. The number of carbonyl (C=O) groups is 2. The summed E-state index contributed by atoms with van der Waals surface area (Å²) in [7, 11) is 3.83. The van der Waals surface area contributed by atoms with Crippen LogP contribution in [0.25, 0.3) is 5.76 Å². The summed E-state index contributed by atoms with van der Waals surface area (Å²) in [5.74, 6) is -1.38. The molecule has 1 saturated heterocycles. The van der Waals surface area contributed by atoms with Crippen LogP contribution in [0.3, 0.4) is 0 Å². The normalized spacial score (nSPS) is 19.1. The highest BCUT2D eigenvalue weighted by molar-refractivity contribution is 9.10. The van der Waals surface area contributed by atoms with E-state index in [2.05, 4.69) is 15.9 Å². The number of amides is 1. The van der Waals surface area contributed by atoms with Gasteiger partial charge in [-0.1, -0.05) is 58.4 Å². The van der Waals surface area contributed by atoms with Crippen molar-refractivity contribution in [3.8, 4) is 0 Å². The van der Waals surface area contributed by atoms with E-state index in [4.69, 9.17) is 0 Å². The first kappa shape index (κ1) is 19.3. The maximum absolute atomic E-state index is 12.8. The number of likely N-dealkylation sites (tertiary alicyclic amines) is 1. The fourth-order valence-corrected chi connectivity index (χ4v) is 3.43. The van der Waals surface area contributed by atoms with Gasteiger partial charge in [-0.2, -0.15) is 0 Å². The number of benzene rings is 2. The van der Waals surface area contributed by atoms with Crippen molar-refractivity contribution in [1.29, 1.82) is 0 Å². The fraction of sp³-hybridized carbons (Fsp3) is 0.238. The van der Waals surface area contributed by atoms with E-state index in [1.165, 1.54) is 0 Å². The molecule has 0 aliphatic carbocycles. The van der Waals surface area contributed by atoms with Crippen molar-refractivity contribution in [3.63, 3.8) is 0 Å². The molecule has 1 aliphatic heterocycles. The highest BCUT2D eigenvalue weighted by Gasteiger charge is 2.45. The third-order valence-corrected chi connectivity index (χ3v) is 5.09. The van der Waals surface area contributed by atoms with Gasteiger partial charge in [0.1, 0.15) is 5.76 Å². The van der Waals surface area contributed by atoms with E-state index in [0.29, 0.717) is 18.7 Å². The molecule has 3 rings (SSSR count). The third-order valence-electron chi connectivity index (χ3n) is 4.56. The molecule has 1 fully saturated rings. The molecule has 27 heavy (non-hydrogen) atoms. The van der Waals surface area contributed by atoms with Gasteiger partial charge in [0.05, 0.1) is 11.6 Å². The Kier molecular flexibility index (Phi) is 5.77. The Labute approximate surface area is 167 Å². The van der Waals surface area contributed by atoms with Crippen molar-refractivity contribution < 1.29 is 14.7 Å². The van der Waals surface area contributed by atoms with E-state index in [1.807, 2.05) is 49.3 Å². The molecule has 1 aliphatic rings. The van der Waals surface area contributed by atoms with Gasteiger partial charge in [0.15, 0.2) is 0 Å². The van der Waals surface area contributed by atoms with E-state index >= 15 is 0 Å². The smallest absolute Gasteiger partial charge is 0.295 e. The lowest BCUT2D eigenvalue weighted by Gasteiger charge is -2.26. The molecule has 0 saturated carbocycles. The number of ketones is 1. The lowest BCUT2D eigenvalue weighted by atomic mass is 9.95. The predicted octanol–water partition coefficient (Wildman–Crippen LogP) is 3.43. The van der Waals surface area contributed by atoms with Crippen LogP contribution in [0.4, 0.5) is 0 Å². The van der Waals surface area contributed by atoms with E-state index in [9.17, 15) is 14.7 Å². The first-order chi connectivity index (χ1) is 12.9. The van der Waals surface area contributed by atoms with E-state index in [-0.39, 0.29) is 11.3 Å². The zero-order valence-electron chi connectivity index (χ0n) is 15.2. The van der Waals surface area contributed by atoms with Crippen LogP contribution in [0.5, 0.6) is 0 Å². The van der Waals surface area contributed by atoms with Crippen LogP contribution in [-0.2, 0) is 9.59 Å². The summed E-state index contributed by atoms with van der Waals surface area (Å²) in [6.07, 6.45) is 0. The topological polar surface area (TPSA) is 60.9 Å². The van der Waals surface area contributed by atoms with E-state index in [1.54, 1.807) is 29.2 Å². The number of hydrogen-bond donors (Lipinski definition) is 1. The Hall–Kier alpha value is -2.44. The van der Waals surface area contributed by atoms with Gasteiger partial charge in [0.25, 0.3) is 11.7 Å². The van der Waals surface area contributed by atoms with Gasteiger partial charge in [-0.3, -0.25) is 9.59 Å². The second kappa shape index (κ2) is 8.06. The second-order valence-electron chi connectivity index (χ2n) is 6.71. The minimum atomic E-state index is -0.650. The third kappa shape index (κ3) is 3.96. The predicted molar refractivity (Wildman–Crippen MR) is 108 cm³/mol. The fourth-order valence-electron chi connectivity index (χ4n) is 3.16. The molecule has 0 radical (unpaired) electrons. The number of aliphatic hydroxyl groups excluding tert-OH is 1. The van der Waals surface area contributed by atoms with E-state index in [0.717, 1.165) is 10.0 Å². The van der Waals surface area contributed by atoms with Crippen molar-refractivity contribution in [2.45, 2.75) is 6.04 Å². The summed E-state index contributed by atoms with van der Waals surface area (Å²) < 4.78 is 0.866. The minimum Gasteiger partial charge on any atom is -0.507 e. The Bertz CT molecular complexity index is 876. The largest absolute Gasteiger partial charge is 0.507 e. The minimum absolute atomic E-state index is 0.132.